The summed E-state index contributed by atoms with van der Waals surface area (Å²) in [6.45, 7) is 13.2. The third kappa shape index (κ3) is 5.55. The minimum atomic E-state index is 0.0991. The van der Waals surface area contributed by atoms with Crippen molar-refractivity contribution in [1.82, 2.24) is 4.98 Å². The number of benzene rings is 1. The number of phenolic OH excluding ortho intramolecular Hbond substituents is 1. The number of pyridine rings is 1. The summed E-state index contributed by atoms with van der Waals surface area (Å²) in [5.74, 6) is 0.496. The molecule has 6 heteroatoms. The van der Waals surface area contributed by atoms with Gasteiger partial charge in [-0.1, -0.05) is 32.8 Å². The van der Waals surface area contributed by atoms with E-state index in [1.807, 2.05) is 6.07 Å². The van der Waals surface area contributed by atoms with E-state index in [1.165, 1.54) is 6.20 Å². The van der Waals surface area contributed by atoms with Crippen LogP contribution >= 0.6 is 0 Å². The van der Waals surface area contributed by atoms with Gasteiger partial charge in [-0.05, 0) is 31.0 Å². The van der Waals surface area contributed by atoms with Crippen LogP contribution in [-0.2, 0) is 0 Å². The lowest BCUT2D eigenvalue weighted by molar-refractivity contribution is 0.476. The average molecular weight is 351 g/mol. The van der Waals surface area contributed by atoms with Gasteiger partial charge in [-0.15, -0.1) is 10.2 Å². The van der Waals surface area contributed by atoms with Gasteiger partial charge in [0.2, 0.25) is 5.69 Å². The van der Waals surface area contributed by atoms with Gasteiger partial charge < -0.3 is 10.0 Å². The second-order valence-electron chi connectivity index (χ2n) is 6.05. The Kier molecular flexibility index (Phi) is 7.56. The van der Waals surface area contributed by atoms with Gasteiger partial charge in [0.1, 0.15) is 11.4 Å². The highest BCUT2D eigenvalue weighted by Crippen LogP contribution is 2.32. The molecule has 0 aliphatic heterocycles. The van der Waals surface area contributed by atoms with Crippen molar-refractivity contribution in [3.63, 3.8) is 0 Å². The Bertz CT molecular complexity index is 757. The minimum Gasteiger partial charge on any atom is -0.506 e. The average Bonchev–Trinajstić information content (AvgIpc) is 2.67. The monoisotopic (exact) mass is 351 g/mol. The summed E-state index contributed by atoms with van der Waals surface area (Å²) >= 11 is 0. The van der Waals surface area contributed by atoms with Crippen molar-refractivity contribution < 1.29 is 5.11 Å². The number of anilines is 1. The van der Waals surface area contributed by atoms with Crippen molar-refractivity contribution in [2.45, 2.75) is 39.5 Å². The highest BCUT2D eigenvalue weighted by Gasteiger charge is 2.09. The van der Waals surface area contributed by atoms with E-state index in [1.54, 1.807) is 24.3 Å². The lowest BCUT2D eigenvalue weighted by Gasteiger charge is -2.25. The fourth-order valence-electron chi connectivity index (χ4n) is 2.47. The fourth-order valence-corrected chi connectivity index (χ4v) is 2.47. The lowest BCUT2D eigenvalue weighted by Crippen LogP contribution is -2.25. The predicted octanol–water partition coefficient (Wildman–Crippen LogP) is 6.16. The Morgan fingerprint density at radius 3 is 2.35 bits per heavy atom. The summed E-state index contributed by atoms with van der Waals surface area (Å²) in [7, 11) is 0. The molecule has 0 saturated carbocycles. The zero-order chi connectivity index (χ0) is 18.8. The van der Waals surface area contributed by atoms with Crippen molar-refractivity contribution in [1.29, 1.82) is 0 Å². The van der Waals surface area contributed by atoms with Crippen molar-refractivity contribution in [3.05, 3.63) is 47.9 Å². The van der Waals surface area contributed by atoms with Crippen molar-refractivity contribution in [3.8, 4) is 5.75 Å². The summed E-state index contributed by atoms with van der Waals surface area (Å²) in [5, 5.41) is 18.4. The molecule has 0 saturated heterocycles. The van der Waals surface area contributed by atoms with Crippen LogP contribution in [0.3, 0.4) is 0 Å². The quantitative estimate of drug-likeness (QED) is 0.434. The Labute approximate surface area is 155 Å². The predicted molar refractivity (Wildman–Crippen MR) is 105 cm³/mol. The molecule has 0 amide bonds. The van der Waals surface area contributed by atoms with Crippen molar-refractivity contribution in [2.24, 2.45) is 10.2 Å². The maximum absolute atomic E-state index is 10.3. The molecule has 0 aliphatic rings. The number of aromatic hydroxyl groups is 1. The molecule has 1 heterocycles. The molecule has 0 bridgehead atoms. The Balaban J connectivity index is 2.13. The third-order valence-electron chi connectivity index (χ3n) is 4.01. The SMILES string of the molecule is [C-]#[N+]c1ccc(N=Nc2ccc(N(CCCC)CCCC)cc2O)nc1. The molecule has 26 heavy (non-hydrogen) atoms. The molecule has 1 N–H and O–H groups in total. The molecular formula is C20H25N5O. The first-order valence-electron chi connectivity index (χ1n) is 9.01. The second-order valence-corrected chi connectivity index (χ2v) is 6.05. The fraction of sp³-hybridized carbons (Fsp3) is 0.400. The Hall–Kier alpha value is -2.94. The molecule has 0 aliphatic carbocycles. The molecule has 2 aromatic rings. The van der Waals surface area contributed by atoms with Crippen LogP contribution in [0.4, 0.5) is 22.9 Å². The largest absolute Gasteiger partial charge is 0.506 e. The van der Waals surface area contributed by atoms with Gasteiger partial charge in [0.05, 0.1) is 6.57 Å². The summed E-state index contributed by atoms with van der Waals surface area (Å²) in [6, 6.07) is 8.74. The summed E-state index contributed by atoms with van der Waals surface area (Å²) in [4.78, 5) is 9.63. The topological polar surface area (TPSA) is 65.4 Å². The molecule has 136 valence electrons. The maximum Gasteiger partial charge on any atom is 0.205 e. The van der Waals surface area contributed by atoms with Gasteiger partial charge in [0, 0.05) is 31.0 Å². The number of rotatable bonds is 9. The number of unbranched alkanes of at least 4 members (excludes halogenated alkanes) is 2. The van der Waals surface area contributed by atoms with Crippen molar-refractivity contribution >= 4 is 22.9 Å². The Morgan fingerprint density at radius 2 is 1.81 bits per heavy atom. The number of aromatic nitrogens is 1. The van der Waals surface area contributed by atoms with Crippen LogP contribution < -0.4 is 4.90 Å². The molecule has 1 aromatic carbocycles. The van der Waals surface area contributed by atoms with E-state index >= 15 is 0 Å². The highest BCUT2D eigenvalue weighted by atomic mass is 16.3. The van der Waals surface area contributed by atoms with Gasteiger partial charge in [-0.25, -0.2) is 9.83 Å². The van der Waals surface area contributed by atoms with Gasteiger partial charge in [-0.2, -0.15) is 0 Å². The van der Waals surface area contributed by atoms with E-state index in [-0.39, 0.29) is 5.75 Å². The van der Waals surface area contributed by atoms with Crippen LogP contribution in [-0.4, -0.2) is 23.2 Å². The van der Waals surface area contributed by atoms with Gasteiger partial charge >= 0.3 is 0 Å². The molecule has 0 fully saturated rings. The van der Waals surface area contributed by atoms with Crippen LogP contribution in [0.15, 0.2) is 46.8 Å². The number of hydrogen-bond donors (Lipinski definition) is 1. The first-order valence-corrected chi connectivity index (χ1v) is 9.01. The van der Waals surface area contributed by atoms with Crippen LogP contribution in [0.1, 0.15) is 39.5 Å². The zero-order valence-corrected chi connectivity index (χ0v) is 15.4. The lowest BCUT2D eigenvalue weighted by atomic mass is 10.2. The summed E-state index contributed by atoms with van der Waals surface area (Å²) in [6.07, 6.45) is 5.97. The first kappa shape index (κ1) is 19.4. The van der Waals surface area contributed by atoms with E-state index in [9.17, 15) is 5.11 Å². The Morgan fingerprint density at radius 1 is 1.08 bits per heavy atom. The van der Waals surface area contributed by atoms with E-state index in [0.717, 1.165) is 44.5 Å². The second kappa shape index (κ2) is 10.1. The molecule has 0 spiro atoms. The van der Waals surface area contributed by atoms with Crippen molar-refractivity contribution in [2.75, 3.05) is 18.0 Å². The van der Waals surface area contributed by atoms with E-state index in [0.29, 0.717) is 17.2 Å². The normalized spacial score (nSPS) is 10.8. The van der Waals surface area contributed by atoms with Gasteiger partial charge in [0.15, 0.2) is 5.82 Å². The summed E-state index contributed by atoms with van der Waals surface area (Å²) < 4.78 is 0. The van der Waals surface area contributed by atoms with Crippen LogP contribution in [0.5, 0.6) is 5.75 Å². The molecular weight excluding hydrogens is 326 g/mol. The van der Waals surface area contributed by atoms with E-state index < -0.39 is 0 Å². The zero-order valence-electron chi connectivity index (χ0n) is 15.4. The molecule has 0 atom stereocenters. The highest BCUT2D eigenvalue weighted by molar-refractivity contribution is 5.61. The van der Waals surface area contributed by atoms with Gasteiger partial charge in [0.25, 0.3) is 0 Å². The molecule has 1 aromatic heterocycles. The molecule has 0 radical (unpaired) electrons. The maximum atomic E-state index is 10.3. The van der Waals surface area contributed by atoms with Crippen LogP contribution in [0.2, 0.25) is 0 Å². The smallest absolute Gasteiger partial charge is 0.205 e. The summed E-state index contributed by atoms with van der Waals surface area (Å²) in [5.41, 5.74) is 1.86. The van der Waals surface area contributed by atoms with Gasteiger partial charge in [-0.3, -0.25) is 0 Å². The number of nitrogens with zero attached hydrogens (tertiary/aromatic N) is 5. The van der Waals surface area contributed by atoms with Crippen LogP contribution in [0, 0.1) is 6.57 Å². The molecule has 6 nitrogen and oxygen atoms in total. The number of azo groups is 1. The number of phenols is 1. The molecule has 0 unspecified atom stereocenters. The standard InChI is InChI=1S/C20H25N5O/c1-4-6-12-25(13-7-5-2)17-9-10-18(19(26)14-17)23-24-20-11-8-16(21-3)15-22-20/h8-11,14-15,26H,4-7,12-13H2,1-2H3. The third-order valence-corrected chi connectivity index (χ3v) is 4.01. The van der Waals surface area contributed by atoms with E-state index in [4.69, 9.17) is 6.57 Å². The van der Waals surface area contributed by atoms with Crippen LogP contribution in [0.25, 0.3) is 4.85 Å². The number of hydrogen-bond acceptors (Lipinski definition) is 5. The first-order chi connectivity index (χ1) is 12.7. The minimum absolute atomic E-state index is 0.0991. The van der Waals surface area contributed by atoms with E-state index in [2.05, 4.69) is 38.8 Å². The molecule has 2 rings (SSSR count).